The molecule has 1 unspecified atom stereocenters. The molecule has 31 heavy (non-hydrogen) atoms. The number of nitrogens with two attached hydrogens (primary N) is 1. The number of hydrogen-bond acceptors (Lipinski definition) is 5. The van der Waals surface area contributed by atoms with Crippen LogP contribution in [0.25, 0.3) is 16.9 Å². The second-order valence-electron chi connectivity index (χ2n) is 7.45. The van der Waals surface area contributed by atoms with Crippen molar-refractivity contribution >= 4 is 0 Å². The lowest BCUT2D eigenvalue weighted by Gasteiger charge is -2.24. The predicted molar refractivity (Wildman–Crippen MR) is 116 cm³/mol. The van der Waals surface area contributed by atoms with Gasteiger partial charge in [-0.15, -0.1) is 0 Å². The molecule has 2 aromatic carbocycles. The zero-order chi connectivity index (χ0) is 21.5. The fraction of sp³-hybridized carbons (Fsp3) is 0.125. The van der Waals surface area contributed by atoms with Gasteiger partial charge in [-0.3, -0.25) is 4.68 Å². The first-order valence-corrected chi connectivity index (χ1v) is 9.90. The van der Waals surface area contributed by atoms with E-state index in [-0.39, 0.29) is 5.88 Å². The van der Waals surface area contributed by atoms with E-state index in [2.05, 4.69) is 11.2 Å². The van der Waals surface area contributed by atoms with Crippen molar-refractivity contribution in [2.75, 3.05) is 0 Å². The van der Waals surface area contributed by atoms with Crippen molar-refractivity contribution in [1.29, 1.82) is 5.26 Å². The average Bonchev–Trinajstić information content (AvgIpc) is 3.33. The Labute approximate surface area is 179 Å². The zero-order valence-electron chi connectivity index (χ0n) is 17.1. The molecule has 152 valence electrons. The summed E-state index contributed by atoms with van der Waals surface area (Å²) in [6.45, 7) is 1.93. The Kier molecular flexibility index (Phi) is 4.33. The van der Waals surface area contributed by atoms with Crippen LogP contribution in [0.4, 0.5) is 0 Å². The molecule has 7 nitrogen and oxygen atoms in total. The molecule has 0 spiro atoms. The van der Waals surface area contributed by atoms with E-state index in [1.807, 2.05) is 80.8 Å². The third kappa shape index (κ3) is 2.97. The van der Waals surface area contributed by atoms with Crippen LogP contribution in [0.15, 0.2) is 78.3 Å². The molecule has 2 aromatic heterocycles. The molecule has 0 radical (unpaired) electrons. The van der Waals surface area contributed by atoms with E-state index in [0.717, 1.165) is 33.8 Å². The first-order chi connectivity index (χ1) is 15.1. The largest absolute Gasteiger partial charge is 0.422 e. The minimum absolute atomic E-state index is 0.0833. The predicted octanol–water partition coefficient (Wildman–Crippen LogP) is 3.80. The van der Waals surface area contributed by atoms with Gasteiger partial charge >= 0.3 is 0 Å². The third-order valence-electron chi connectivity index (χ3n) is 5.46. The van der Waals surface area contributed by atoms with Gasteiger partial charge in [0.25, 0.3) is 0 Å². The summed E-state index contributed by atoms with van der Waals surface area (Å²) in [7, 11) is 1.86. The lowest BCUT2D eigenvalue weighted by molar-refractivity contribution is 0.367. The molecule has 3 heterocycles. The highest BCUT2D eigenvalue weighted by molar-refractivity contribution is 5.72. The molecule has 0 fully saturated rings. The van der Waals surface area contributed by atoms with Crippen LogP contribution in [0.3, 0.4) is 0 Å². The molecular formula is C24H20N6O. The van der Waals surface area contributed by atoms with Crippen LogP contribution in [0.2, 0.25) is 0 Å². The van der Waals surface area contributed by atoms with Crippen LogP contribution < -0.4 is 10.5 Å². The summed E-state index contributed by atoms with van der Waals surface area (Å²) in [5.41, 5.74) is 11.7. The van der Waals surface area contributed by atoms with Gasteiger partial charge in [-0.05, 0) is 19.1 Å². The van der Waals surface area contributed by atoms with Gasteiger partial charge in [0.2, 0.25) is 11.8 Å². The van der Waals surface area contributed by atoms with E-state index in [0.29, 0.717) is 11.5 Å². The quantitative estimate of drug-likeness (QED) is 0.556. The summed E-state index contributed by atoms with van der Waals surface area (Å²) < 4.78 is 9.52. The fourth-order valence-electron chi connectivity index (χ4n) is 4.10. The molecule has 5 rings (SSSR count). The van der Waals surface area contributed by atoms with Crippen molar-refractivity contribution in [2.24, 2.45) is 12.8 Å². The molecule has 0 aliphatic carbocycles. The first kappa shape index (κ1) is 18.7. The number of aromatic nitrogens is 4. The zero-order valence-corrected chi connectivity index (χ0v) is 17.1. The van der Waals surface area contributed by atoms with Crippen LogP contribution in [-0.4, -0.2) is 19.6 Å². The maximum absolute atomic E-state index is 9.98. The minimum atomic E-state index is -0.435. The van der Waals surface area contributed by atoms with Crippen LogP contribution in [0, 0.1) is 18.3 Å². The maximum atomic E-state index is 9.98. The van der Waals surface area contributed by atoms with Gasteiger partial charge in [0.1, 0.15) is 17.3 Å². The highest BCUT2D eigenvalue weighted by Crippen LogP contribution is 2.48. The van der Waals surface area contributed by atoms with Crippen LogP contribution >= 0.6 is 0 Å². The highest BCUT2D eigenvalue weighted by atomic mass is 16.5. The normalized spacial score (nSPS) is 15.3. The van der Waals surface area contributed by atoms with E-state index in [9.17, 15) is 5.26 Å². The van der Waals surface area contributed by atoms with Gasteiger partial charge < -0.3 is 10.5 Å². The van der Waals surface area contributed by atoms with E-state index < -0.39 is 5.92 Å². The second-order valence-corrected chi connectivity index (χ2v) is 7.45. The van der Waals surface area contributed by atoms with Crippen molar-refractivity contribution in [1.82, 2.24) is 19.6 Å². The number of ether oxygens (including phenoxy) is 1. The Morgan fingerprint density at radius 1 is 1.03 bits per heavy atom. The van der Waals surface area contributed by atoms with Crippen molar-refractivity contribution < 1.29 is 4.74 Å². The Hall–Kier alpha value is -4.31. The standard InChI is InChI=1S/C24H20N6O/c1-15-19(14-29(2)27-15)20-18(13-25)23(26)31-24-21(20)22(16-9-5-3-6-10-16)28-30(24)17-11-7-4-8-12-17/h3-12,14,20H,26H2,1-2H3. The molecule has 0 saturated carbocycles. The van der Waals surface area contributed by atoms with Crippen LogP contribution in [0.1, 0.15) is 22.7 Å². The molecule has 7 heteroatoms. The summed E-state index contributed by atoms with van der Waals surface area (Å²) in [5, 5.41) is 19.4. The van der Waals surface area contributed by atoms with Gasteiger partial charge in [0.05, 0.1) is 22.9 Å². The van der Waals surface area contributed by atoms with Gasteiger partial charge in [0.15, 0.2) is 0 Å². The number of fused-ring (bicyclic) bond motifs is 1. The topological polar surface area (TPSA) is 94.7 Å². The summed E-state index contributed by atoms with van der Waals surface area (Å²) in [5.74, 6) is 0.157. The first-order valence-electron chi connectivity index (χ1n) is 9.90. The van der Waals surface area contributed by atoms with Crippen molar-refractivity contribution in [2.45, 2.75) is 12.8 Å². The van der Waals surface area contributed by atoms with Gasteiger partial charge in [-0.2, -0.15) is 20.1 Å². The van der Waals surface area contributed by atoms with Crippen LogP contribution in [-0.2, 0) is 7.05 Å². The van der Waals surface area contributed by atoms with E-state index >= 15 is 0 Å². The van der Waals surface area contributed by atoms with Gasteiger partial charge in [0, 0.05) is 24.4 Å². The Bertz CT molecular complexity index is 1340. The molecule has 0 saturated heterocycles. The molecule has 0 amide bonds. The summed E-state index contributed by atoms with van der Waals surface area (Å²) in [4.78, 5) is 0. The van der Waals surface area contributed by atoms with Crippen molar-refractivity contribution in [3.05, 3.63) is 95.1 Å². The van der Waals surface area contributed by atoms with Crippen molar-refractivity contribution in [3.63, 3.8) is 0 Å². The van der Waals surface area contributed by atoms with Crippen LogP contribution in [0.5, 0.6) is 5.88 Å². The maximum Gasteiger partial charge on any atom is 0.229 e. The average molecular weight is 408 g/mol. The number of aryl methyl sites for hydroxylation is 2. The monoisotopic (exact) mass is 408 g/mol. The smallest absolute Gasteiger partial charge is 0.229 e. The Morgan fingerprint density at radius 2 is 1.71 bits per heavy atom. The van der Waals surface area contributed by atoms with Gasteiger partial charge in [-0.1, -0.05) is 48.5 Å². The summed E-state index contributed by atoms with van der Waals surface area (Å²) in [6.07, 6.45) is 1.92. The minimum Gasteiger partial charge on any atom is -0.422 e. The number of nitrogens with zero attached hydrogens (tertiary/aromatic N) is 5. The SMILES string of the molecule is Cc1nn(C)cc1C1C(C#N)=C(N)Oc2c1c(-c1ccccc1)nn2-c1ccccc1. The lowest BCUT2D eigenvalue weighted by atomic mass is 9.83. The number of hydrogen-bond donors (Lipinski definition) is 1. The van der Waals surface area contributed by atoms with E-state index in [1.165, 1.54) is 0 Å². The molecule has 0 bridgehead atoms. The highest BCUT2D eigenvalue weighted by Gasteiger charge is 2.39. The third-order valence-corrected chi connectivity index (χ3v) is 5.46. The molecule has 1 atom stereocenters. The molecule has 2 N–H and O–H groups in total. The molecule has 1 aliphatic rings. The Balaban J connectivity index is 1.85. The lowest BCUT2D eigenvalue weighted by Crippen LogP contribution is -2.22. The summed E-state index contributed by atoms with van der Waals surface area (Å²) >= 11 is 0. The van der Waals surface area contributed by atoms with E-state index in [4.69, 9.17) is 15.6 Å². The van der Waals surface area contributed by atoms with E-state index in [1.54, 1.807) is 9.36 Å². The number of nitriles is 1. The van der Waals surface area contributed by atoms with Gasteiger partial charge in [-0.25, -0.2) is 0 Å². The molecular weight excluding hydrogens is 388 g/mol. The number of benzene rings is 2. The molecule has 4 aromatic rings. The second kappa shape index (κ2) is 7.18. The number of allylic oxidation sites excluding steroid dienone is 1. The summed E-state index contributed by atoms with van der Waals surface area (Å²) in [6, 6.07) is 21.9. The number of para-hydroxylation sites is 1. The fourth-order valence-corrected chi connectivity index (χ4v) is 4.10. The molecule has 1 aliphatic heterocycles. The Morgan fingerprint density at radius 3 is 2.32 bits per heavy atom. The van der Waals surface area contributed by atoms with Crippen molar-refractivity contribution in [3.8, 4) is 28.9 Å². The number of rotatable bonds is 3.